The molecule has 0 radical (unpaired) electrons. The maximum Gasteiger partial charge on any atom is 0.212 e. The smallest absolute Gasteiger partial charge is 0.212 e. The molecular weight excluding hydrogens is 288 g/mol. The predicted octanol–water partition coefficient (Wildman–Crippen LogP) is 2.89. The fourth-order valence-corrected chi connectivity index (χ4v) is 2.36. The van der Waals surface area contributed by atoms with Crippen LogP contribution in [-0.2, 0) is 20.1 Å². The Kier molecular flexibility index (Phi) is 5.20. The van der Waals surface area contributed by atoms with Gasteiger partial charge in [0.2, 0.25) is 5.88 Å². The summed E-state index contributed by atoms with van der Waals surface area (Å²) in [6.07, 6.45) is 1.81. The van der Waals surface area contributed by atoms with E-state index in [9.17, 15) is 0 Å². The number of methoxy groups -OCH3 is 1. The van der Waals surface area contributed by atoms with Gasteiger partial charge in [0.05, 0.1) is 12.8 Å². The third-order valence-electron chi connectivity index (χ3n) is 3.28. The number of rotatable bonds is 6. The van der Waals surface area contributed by atoms with E-state index in [-0.39, 0.29) is 0 Å². The van der Waals surface area contributed by atoms with Gasteiger partial charge in [0.15, 0.2) is 0 Å². The minimum Gasteiger partial charge on any atom is -0.481 e. The lowest BCUT2D eigenvalue weighted by Crippen LogP contribution is -2.14. The summed E-state index contributed by atoms with van der Waals surface area (Å²) < 4.78 is 6.77. The molecule has 0 amide bonds. The predicted molar refractivity (Wildman–Crippen MR) is 83.6 cm³/mol. The highest BCUT2D eigenvalue weighted by molar-refractivity contribution is 6.30. The van der Waals surface area contributed by atoms with Crippen LogP contribution in [0.5, 0.6) is 5.88 Å². The van der Waals surface area contributed by atoms with E-state index in [1.54, 1.807) is 18.0 Å². The van der Waals surface area contributed by atoms with Crippen LogP contribution in [0.15, 0.2) is 18.3 Å². The van der Waals surface area contributed by atoms with Crippen molar-refractivity contribution in [1.82, 2.24) is 20.1 Å². The second-order valence-electron chi connectivity index (χ2n) is 5.25. The second kappa shape index (κ2) is 6.91. The van der Waals surface area contributed by atoms with Crippen LogP contribution in [0.1, 0.15) is 36.6 Å². The van der Waals surface area contributed by atoms with Gasteiger partial charge in [-0.3, -0.25) is 4.68 Å². The number of hydrogen-bond acceptors (Lipinski definition) is 4. The van der Waals surface area contributed by atoms with E-state index < -0.39 is 0 Å². The molecule has 0 aliphatic rings. The van der Waals surface area contributed by atoms with Crippen LogP contribution in [0, 0.1) is 0 Å². The lowest BCUT2D eigenvalue weighted by molar-refractivity contribution is 0.397. The average Bonchev–Trinajstić information content (AvgIpc) is 2.76. The van der Waals surface area contributed by atoms with E-state index in [1.807, 2.05) is 19.2 Å². The summed E-state index contributed by atoms with van der Waals surface area (Å²) in [7, 11) is 3.48. The molecular formula is C15H21ClN4O. The highest BCUT2D eigenvalue weighted by Gasteiger charge is 2.16. The van der Waals surface area contributed by atoms with Crippen molar-refractivity contribution >= 4 is 11.6 Å². The summed E-state index contributed by atoms with van der Waals surface area (Å²) in [4.78, 5) is 4.19. The number of pyridine rings is 1. The molecule has 0 spiro atoms. The van der Waals surface area contributed by atoms with Gasteiger partial charge in [0, 0.05) is 38.0 Å². The largest absolute Gasteiger partial charge is 0.481 e. The zero-order valence-electron chi connectivity index (χ0n) is 12.9. The molecule has 0 saturated heterocycles. The molecule has 6 heteroatoms. The average molecular weight is 309 g/mol. The van der Waals surface area contributed by atoms with Gasteiger partial charge in [0.25, 0.3) is 0 Å². The first-order chi connectivity index (χ1) is 10.0. The molecule has 0 aromatic carbocycles. The highest BCUT2D eigenvalue weighted by Crippen LogP contribution is 2.25. The number of aryl methyl sites for hydroxylation is 1. The molecule has 0 aliphatic carbocycles. The summed E-state index contributed by atoms with van der Waals surface area (Å²) in [6, 6.07) is 3.85. The number of nitrogens with zero attached hydrogens (tertiary/aromatic N) is 3. The molecule has 0 unspecified atom stereocenters. The van der Waals surface area contributed by atoms with E-state index in [0.717, 1.165) is 23.4 Å². The van der Waals surface area contributed by atoms with Crippen molar-refractivity contribution in [3.63, 3.8) is 0 Å². The normalized spacial score (nSPS) is 11.1. The summed E-state index contributed by atoms with van der Waals surface area (Å²) in [6.45, 7) is 5.65. The fourth-order valence-electron chi connectivity index (χ4n) is 2.16. The molecule has 2 rings (SSSR count). The number of halogens is 1. The van der Waals surface area contributed by atoms with Crippen LogP contribution in [0.25, 0.3) is 0 Å². The fraction of sp³-hybridized carbons (Fsp3) is 0.467. The van der Waals surface area contributed by atoms with Crippen molar-refractivity contribution < 1.29 is 4.74 Å². The van der Waals surface area contributed by atoms with Gasteiger partial charge < -0.3 is 10.1 Å². The van der Waals surface area contributed by atoms with E-state index in [1.165, 1.54) is 0 Å². The van der Waals surface area contributed by atoms with Gasteiger partial charge >= 0.3 is 0 Å². The Morgan fingerprint density at radius 2 is 2.10 bits per heavy atom. The lowest BCUT2D eigenvalue weighted by atomic mass is 10.1. The topological polar surface area (TPSA) is 52.0 Å². The SMILES string of the molecule is COc1ccc(CNCc2c(C(C)C)nn(C)c2Cl)cn1. The quantitative estimate of drug-likeness (QED) is 0.891. The number of hydrogen-bond donors (Lipinski definition) is 1. The van der Waals surface area contributed by atoms with Gasteiger partial charge in [-0.2, -0.15) is 5.10 Å². The van der Waals surface area contributed by atoms with Gasteiger partial charge in [-0.1, -0.05) is 31.5 Å². The number of aromatic nitrogens is 3. The Morgan fingerprint density at radius 3 is 2.67 bits per heavy atom. The second-order valence-corrected chi connectivity index (χ2v) is 5.60. The van der Waals surface area contributed by atoms with Gasteiger partial charge in [-0.05, 0) is 11.5 Å². The van der Waals surface area contributed by atoms with Crippen LogP contribution in [0.3, 0.4) is 0 Å². The maximum atomic E-state index is 6.31. The Bertz CT molecular complexity index is 592. The summed E-state index contributed by atoms with van der Waals surface area (Å²) in [5.74, 6) is 0.972. The van der Waals surface area contributed by atoms with Gasteiger partial charge in [-0.25, -0.2) is 4.98 Å². The zero-order chi connectivity index (χ0) is 15.4. The minimum atomic E-state index is 0.350. The van der Waals surface area contributed by atoms with Crippen LogP contribution in [-0.4, -0.2) is 21.9 Å². The molecule has 0 fully saturated rings. The van der Waals surface area contributed by atoms with E-state index >= 15 is 0 Å². The maximum absolute atomic E-state index is 6.31. The Labute approximate surface area is 130 Å². The summed E-state index contributed by atoms with van der Waals surface area (Å²) in [5.41, 5.74) is 3.21. The molecule has 0 saturated carbocycles. The molecule has 114 valence electrons. The van der Waals surface area contributed by atoms with Crippen molar-refractivity contribution in [3.8, 4) is 5.88 Å². The lowest BCUT2D eigenvalue weighted by Gasteiger charge is -2.08. The molecule has 1 N–H and O–H groups in total. The third-order valence-corrected chi connectivity index (χ3v) is 3.76. The Morgan fingerprint density at radius 1 is 1.33 bits per heavy atom. The number of nitrogens with one attached hydrogen (secondary N) is 1. The molecule has 5 nitrogen and oxygen atoms in total. The van der Waals surface area contributed by atoms with E-state index in [4.69, 9.17) is 16.3 Å². The summed E-state index contributed by atoms with van der Waals surface area (Å²) >= 11 is 6.31. The Hall–Kier alpha value is -1.59. The van der Waals surface area contributed by atoms with Crippen LogP contribution >= 0.6 is 11.6 Å². The van der Waals surface area contributed by atoms with Crippen molar-refractivity contribution in [1.29, 1.82) is 0 Å². The first-order valence-corrected chi connectivity index (χ1v) is 7.31. The monoisotopic (exact) mass is 308 g/mol. The third kappa shape index (κ3) is 3.74. The van der Waals surface area contributed by atoms with Gasteiger partial charge in [0.1, 0.15) is 5.15 Å². The summed E-state index contributed by atoms with van der Waals surface area (Å²) in [5, 5.41) is 8.55. The Balaban J connectivity index is 1.99. The zero-order valence-corrected chi connectivity index (χ0v) is 13.6. The molecule has 2 aromatic heterocycles. The van der Waals surface area contributed by atoms with Crippen LogP contribution in [0.2, 0.25) is 5.15 Å². The van der Waals surface area contributed by atoms with Crippen LogP contribution in [0.4, 0.5) is 0 Å². The van der Waals surface area contributed by atoms with E-state index in [2.05, 4.69) is 29.2 Å². The van der Waals surface area contributed by atoms with E-state index in [0.29, 0.717) is 23.5 Å². The van der Waals surface area contributed by atoms with Gasteiger partial charge in [-0.15, -0.1) is 0 Å². The molecule has 2 aromatic rings. The van der Waals surface area contributed by atoms with Crippen LogP contribution < -0.4 is 10.1 Å². The standard InChI is InChI=1S/C15H21ClN4O/c1-10(2)14-12(15(16)20(3)19-14)9-17-7-11-5-6-13(21-4)18-8-11/h5-6,8,10,17H,7,9H2,1-4H3. The molecule has 2 heterocycles. The van der Waals surface area contributed by atoms with Crippen molar-refractivity contribution in [3.05, 3.63) is 40.3 Å². The molecule has 0 atom stereocenters. The van der Waals surface area contributed by atoms with Crippen molar-refractivity contribution in [2.45, 2.75) is 32.9 Å². The molecule has 21 heavy (non-hydrogen) atoms. The molecule has 0 aliphatic heterocycles. The highest BCUT2D eigenvalue weighted by atomic mass is 35.5. The first kappa shape index (κ1) is 15.8. The van der Waals surface area contributed by atoms with Crippen molar-refractivity contribution in [2.24, 2.45) is 7.05 Å². The number of ether oxygens (including phenoxy) is 1. The minimum absolute atomic E-state index is 0.350. The molecule has 0 bridgehead atoms. The van der Waals surface area contributed by atoms with Crippen molar-refractivity contribution in [2.75, 3.05) is 7.11 Å². The first-order valence-electron chi connectivity index (χ1n) is 6.93.